The molecule has 1 aliphatic heterocycles. The normalized spacial score (nSPS) is 18.2. The van der Waals surface area contributed by atoms with Crippen molar-refractivity contribution in [1.82, 2.24) is 15.8 Å². The van der Waals surface area contributed by atoms with Crippen LogP contribution in [-0.4, -0.2) is 35.5 Å². The molecule has 2 aromatic rings. The summed E-state index contributed by atoms with van der Waals surface area (Å²) in [5.41, 5.74) is 2.48. The minimum Gasteiger partial charge on any atom is -0.493 e. The van der Waals surface area contributed by atoms with E-state index in [2.05, 4.69) is 26.7 Å². The number of hydrogen-bond donors (Lipinski definition) is 2. The van der Waals surface area contributed by atoms with Crippen LogP contribution in [0.2, 0.25) is 0 Å². The first-order valence-electron chi connectivity index (χ1n) is 9.31. The Hall–Kier alpha value is -3.07. The van der Waals surface area contributed by atoms with Gasteiger partial charge in [-0.05, 0) is 47.0 Å². The van der Waals surface area contributed by atoms with Gasteiger partial charge in [0.25, 0.3) is 11.8 Å². The number of amides is 4. The van der Waals surface area contributed by atoms with Crippen molar-refractivity contribution in [2.45, 2.75) is 32.4 Å². The molecule has 1 atom stereocenters. The van der Waals surface area contributed by atoms with Crippen LogP contribution in [0.25, 0.3) is 0 Å². The summed E-state index contributed by atoms with van der Waals surface area (Å²) >= 11 is 3.40. The highest BCUT2D eigenvalue weighted by atomic mass is 79.9. The van der Waals surface area contributed by atoms with Crippen molar-refractivity contribution < 1.29 is 23.9 Å². The second-order valence-electron chi connectivity index (χ2n) is 6.96. The summed E-state index contributed by atoms with van der Waals surface area (Å²) in [5, 5.41) is 3.28. The summed E-state index contributed by atoms with van der Waals surface area (Å²) in [6.45, 7) is 3.71. The van der Waals surface area contributed by atoms with Crippen molar-refractivity contribution in [1.29, 1.82) is 0 Å². The quantitative estimate of drug-likeness (QED) is 0.598. The smallest absolute Gasteiger partial charge is 0.344 e. The Balaban J connectivity index is 1.78. The van der Waals surface area contributed by atoms with Gasteiger partial charge >= 0.3 is 6.03 Å². The minimum absolute atomic E-state index is 0.191. The second kappa shape index (κ2) is 8.74. The number of rotatable bonds is 7. The van der Waals surface area contributed by atoms with E-state index in [-0.39, 0.29) is 5.56 Å². The zero-order chi connectivity index (χ0) is 21.9. The Bertz CT molecular complexity index is 982. The van der Waals surface area contributed by atoms with E-state index in [1.165, 1.54) is 19.2 Å². The fourth-order valence-corrected chi connectivity index (χ4v) is 3.47. The van der Waals surface area contributed by atoms with Crippen molar-refractivity contribution in [3.8, 4) is 11.5 Å². The van der Waals surface area contributed by atoms with Crippen molar-refractivity contribution in [3.05, 3.63) is 58.1 Å². The third kappa shape index (κ3) is 4.25. The van der Waals surface area contributed by atoms with Crippen LogP contribution in [-0.2, 0) is 11.4 Å². The van der Waals surface area contributed by atoms with E-state index < -0.39 is 23.4 Å². The van der Waals surface area contributed by atoms with Crippen LogP contribution in [0, 0.1) is 0 Å². The van der Waals surface area contributed by atoms with Gasteiger partial charge in [-0.1, -0.05) is 37.3 Å². The van der Waals surface area contributed by atoms with Crippen LogP contribution < -0.4 is 20.2 Å². The Morgan fingerprint density at radius 3 is 2.53 bits per heavy atom. The number of carbonyl (C=O) groups excluding carboxylic acids is 3. The number of urea groups is 1. The first-order valence-corrected chi connectivity index (χ1v) is 10.1. The van der Waals surface area contributed by atoms with Crippen molar-refractivity contribution >= 4 is 33.8 Å². The third-order valence-corrected chi connectivity index (χ3v) is 5.49. The number of ether oxygens (including phenoxy) is 2. The maximum absolute atomic E-state index is 12.7. The number of halogens is 1. The largest absolute Gasteiger partial charge is 0.493 e. The molecule has 9 heteroatoms. The number of imide groups is 1. The summed E-state index contributed by atoms with van der Waals surface area (Å²) in [6, 6.07) is 12.0. The van der Waals surface area contributed by atoms with E-state index in [1.54, 1.807) is 13.8 Å². The number of carbonyl (C=O) groups is 3. The maximum atomic E-state index is 12.7. The van der Waals surface area contributed by atoms with Crippen molar-refractivity contribution in [2.24, 2.45) is 0 Å². The zero-order valence-corrected chi connectivity index (χ0v) is 18.4. The van der Waals surface area contributed by atoms with Gasteiger partial charge in [-0.2, -0.15) is 5.01 Å². The van der Waals surface area contributed by atoms with Crippen LogP contribution in [0.3, 0.4) is 0 Å². The summed E-state index contributed by atoms with van der Waals surface area (Å²) in [6.07, 6.45) is 0.400. The minimum atomic E-state index is -1.04. The molecule has 4 amide bonds. The molecule has 0 unspecified atom stereocenters. The SMILES string of the molecule is CC[C@@]1(C)NC(=O)N(NC(=O)c2cc(Br)c(OCc3ccccc3)c(OC)c2)C1=O. The lowest BCUT2D eigenvalue weighted by Gasteiger charge is -2.19. The van der Waals surface area contributed by atoms with Gasteiger partial charge in [0.05, 0.1) is 11.6 Å². The van der Waals surface area contributed by atoms with Gasteiger partial charge in [0.15, 0.2) is 11.5 Å². The van der Waals surface area contributed by atoms with E-state index >= 15 is 0 Å². The van der Waals surface area contributed by atoms with E-state index in [0.717, 1.165) is 5.56 Å². The van der Waals surface area contributed by atoms with Gasteiger partial charge in [0.2, 0.25) is 0 Å². The fourth-order valence-electron chi connectivity index (χ4n) is 2.91. The predicted octanol–water partition coefficient (Wildman–Crippen LogP) is 3.40. The van der Waals surface area contributed by atoms with Gasteiger partial charge in [0, 0.05) is 5.56 Å². The average molecular weight is 476 g/mol. The highest BCUT2D eigenvalue weighted by Crippen LogP contribution is 2.37. The fraction of sp³-hybridized carbons (Fsp3) is 0.286. The van der Waals surface area contributed by atoms with Crippen LogP contribution >= 0.6 is 15.9 Å². The lowest BCUT2D eigenvalue weighted by molar-refractivity contribution is -0.132. The first kappa shape index (κ1) is 21.6. The molecule has 1 aliphatic rings. The van der Waals surface area contributed by atoms with Crippen LogP contribution in [0.5, 0.6) is 11.5 Å². The topological polar surface area (TPSA) is 97.0 Å². The number of hydrogen-bond acceptors (Lipinski definition) is 5. The average Bonchev–Trinajstić information content (AvgIpc) is 2.96. The molecule has 2 aromatic carbocycles. The lowest BCUT2D eigenvalue weighted by atomic mass is 10.00. The van der Waals surface area contributed by atoms with Crippen molar-refractivity contribution in [3.63, 3.8) is 0 Å². The summed E-state index contributed by atoms with van der Waals surface area (Å²) in [4.78, 5) is 37.3. The molecule has 0 saturated carbocycles. The standard InChI is InChI=1S/C21H22BrN3O5/c1-4-21(2)19(27)25(20(28)23-21)24-18(26)14-10-15(22)17(16(11-14)29-3)30-12-13-8-6-5-7-9-13/h5-11H,4,12H2,1-3H3,(H,23,28)(H,24,26)/t21-/m1/s1. The molecular formula is C21H22BrN3O5. The molecule has 8 nitrogen and oxygen atoms in total. The van der Waals surface area contributed by atoms with Gasteiger partial charge in [-0.3, -0.25) is 15.0 Å². The molecule has 1 fully saturated rings. The van der Waals surface area contributed by atoms with Crippen LogP contribution in [0.4, 0.5) is 4.79 Å². The highest BCUT2D eigenvalue weighted by Gasteiger charge is 2.47. The molecular weight excluding hydrogens is 454 g/mol. The summed E-state index contributed by atoms with van der Waals surface area (Å²) in [7, 11) is 1.46. The number of nitrogens with zero attached hydrogens (tertiary/aromatic N) is 1. The number of hydrazine groups is 1. The zero-order valence-electron chi connectivity index (χ0n) is 16.8. The summed E-state index contributed by atoms with van der Waals surface area (Å²) in [5.74, 6) is -0.378. The molecule has 0 aromatic heterocycles. The Labute approximate surface area is 182 Å². The van der Waals surface area contributed by atoms with Crippen molar-refractivity contribution in [2.75, 3.05) is 7.11 Å². The maximum Gasteiger partial charge on any atom is 0.344 e. The Morgan fingerprint density at radius 1 is 1.23 bits per heavy atom. The molecule has 1 heterocycles. The van der Waals surface area contributed by atoms with E-state index in [1.807, 2.05) is 30.3 Å². The van der Waals surface area contributed by atoms with E-state index in [0.29, 0.717) is 34.0 Å². The second-order valence-corrected chi connectivity index (χ2v) is 7.82. The Kier molecular flexibility index (Phi) is 6.31. The lowest BCUT2D eigenvalue weighted by Crippen LogP contribution is -2.48. The molecule has 0 bridgehead atoms. The van der Waals surface area contributed by atoms with Gasteiger partial charge in [-0.25, -0.2) is 4.79 Å². The van der Waals surface area contributed by atoms with Gasteiger partial charge < -0.3 is 14.8 Å². The van der Waals surface area contributed by atoms with E-state index in [9.17, 15) is 14.4 Å². The molecule has 3 rings (SSSR count). The number of methoxy groups -OCH3 is 1. The molecule has 0 radical (unpaired) electrons. The Morgan fingerprint density at radius 2 is 1.93 bits per heavy atom. The van der Waals surface area contributed by atoms with Gasteiger partial charge in [-0.15, -0.1) is 0 Å². The molecule has 30 heavy (non-hydrogen) atoms. The highest BCUT2D eigenvalue weighted by molar-refractivity contribution is 9.10. The first-order chi connectivity index (χ1) is 14.3. The predicted molar refractivity (Wildman–Crippen MR) is 113 cm³/mol. The molecule has 0 spiro atoms. The molecule has 158 valence electrons. The number of nitrogens with one attached hydrogen (secondary N) is 2. The third-order valence-electron chi connectivity index (χ3n) is 4.90. The number of benzene rings is 2. The summed E-state index contributed by atoms with van der Waals surface area (Å²) < 4.78 is 11.7. The van der Waals surface area contributed by atoms with E-state index in [4.69, 9.17) is 9.47 Å². The molecule has 2 N–H and O–H groups in total. The van der Waals surface area contributed by atoms with Crippen LogP contribution in [0.1, 0.15) is 36.2 Å². The monoisotopic (exact) mass is 475 g/mol. The van der Waals surface area contributed by atoms with Crippen LogP contribution in [0.15, 0.2) is 46.9 Å². The molecule has 1 saturated heterocycles. The molecule has 0 aliphatic carbocycles. The van der Waals surface area contributed by atoms with Gasteiger partial charge in [0.1, 0.15) is 12.1 Å².